The summed E-state index contributed by atoms with van der Waals surface area (Å²) in [6.45, 7) is 2.81. The van der Waals surface area contributed by atoms with E-state index in [9.17, 15) is 14.4 Å². The first kappa shape index (κ1) is 15.5. The molecule has 0 radical (unpaired) electrons. The summed E-state index contributed by atoms with van der Waals surface area (Å²) in [5.74, 6) is -1.71. The van der Waals surface area contributed by atoms with E-state index in [4.69, 9.17) is 5.11 Å². The Morgan fingerprint density at radius 3 is 2.15 bits per heavy atom. The number of benzene rings is 1. The molecule has 0 fully saturated rings. The zero-order valence-corrected chi connectivity index (χ0v) is 11.2. The zero-order valence-electron chi connectivity index (χ0n) is 11.2. The second-order valence-corrected chi connectivity index (χ2v) is 4.25. The number of para-hydroxylation sites is 1. The molecule has 2 unspecified atom stereocenters. The normalized spacial score (nSPS) is 12.9. The van der Waals surface area contributed by atoms with E-state index >= 15 is 0 Å². The molecule has 0 aromatic heterocycles. The van der Waals surface area contributed by atoms with Crippen molar-refractivity contribution in [3.05, 3.63) is 30.3 Å². The van der Waals surface area contributed by atoms with Crippen molar-refractivity contribution in [3.63, 3.8) is 0 Å². The number of rotatable bonds is 5. The predicted octanol–water partition coefficient (Wildman–Crippen LogP) is 0.786. The molecule has 0 saturated carbocycles. The van der Waals surface area contributed by atoms with Crippen LogP contribution in [0.1, 0.15) is 13.8 Å². The number of amides is 3. The second-order valence-electron chi connectivity index (χ2n) is 4.25. The number of carbonyl (C=O) groups excluding carboxylic acids is 2. The molecule has 0 saturated heterocycles. The summed E-state index contributed by atoms with van der Waals surface area (Å²) in [5, 5.41) is 15.9. The fourth-order valence-electron chi connectivity index (χ4n) is 1.35. The van der Waals surface area contributed by atoms with Crippen LogP contribution in [-0.2, 0) is 9.59 Å². The largest absolute Gasteiger partial charge is 0.480 e. The number of carbonyl (C=O) groups is 3. The Balaban J connectivity index is 2.45. The molecular formula is C13H17N3O4. The molecule has 20 heavy (non-hydrogen) atoms. The van der Waals surface area contributed by atoms with Crippen molar-refractivity contribution in [1.29, 1.82) is 0 Å². The first-order valence-corrected chi connectivity index (χ1v) is 6.06. The first-order chi connectivity index (χ1) is 9.40. The van der Waals surface area contributed by atoms with E-state index < -0.39 is 30.0 Å². The highest BCUT2D eigenvalue weighted by Crippen LogP contribution is 2.04. The molecular weight excluding hydrogens is 262 g/mol. The van der Waals surface area contributed by atoms with Crippen molar-refractivity contribution in [2.45, 2.75) is 25.9 Å². The monoisotopic (exact) mass is 279 g/mol. The lowest BCUT2D eigenvalue weighted by Crippen LogP contribution is -2.50. The Morgan fingerprint density at radius 1 is 1.00 bits per heavy atom. The van der Waals surface area contributed by atoms with E-state index in [1.54, 1.807) is 24.3 Å². The van der Waals surface area contributed by atoms with Crippen molar-refractivity contribution < 1.29 is 19.5 Å². The lowest BCUT2D eigenvalue weighted by molar-refractivity contribution is -0.141. The highest BCUT2D eigenvalue weighted by atomic mass is 16.4. The third kappa shape index (κ3) is 4.97. The number of aliphatic carboxylic acids is 1. The van der Waals surface area contributed by atoms with Crippen LogP contribution in [0.4, 0.5) is 10.5 Å². The van der Waals surface area contributed by atoms with Crippen molar-refractivity contribution in [2.24, 2.45) is 0 Å². The molecule has 2 atom stereocenters. The summed E-state index contributed by atoms with van der Waals surface area (Å²) in [7, 11) is 0. The van der Waals surface area contributed by atoms with E-state index in [1.165, 1.54) is 13.8 Å². The zero-order chi connectivity index (χ0) is 15.1. The molecule has 3 amide bonds. The lowest BCUT2D eigenvalue weighted by atomic mass is 10.2. The number of carboxylic acid groups (broad SMARTS) is 1. The fraction of sp³-hybridized carbons (Fsp3) is 0.308. The summed E-state index contributed by atoms with van der Waals surface area (Å²) >= 11 is 0. The quantitative estimate of drug-likeness (QED) is 0.639. The van der Waals surface area contributed by atoms with Gasteiger partial charge in [-0.25, -0.2) is 4.79 Å². The molecule has 0 aliphatic heterocycles. The van der Waals surface area contributed by atoms with Crippen LogP contribution in [0.15, 0.2) is 30.3 Å². The summed E-state index contributed by atoms with van der Waals surface area (Å²) in [5.41, 5.74) is 0.594. The van der Waals surface area contributed by atoms with Crippen molar-refractivity contribution in [2.75, 3.05) is 5.32 Å². The van der Waals surface area contributed by atoms with Gasteiger partial charge in [0.15, 0.2) is 0 Å². The summed E-state index contributed by atoms with van der Waals surface area (Å²) in [4.78, 5) is 33.9. The van der Waals surface area contributed by atoms with Gasteiger partial charge in [0.1, 0.15) is 12.1 Å². The lowest BCUT2D eigenvalue weighted by Gasteiger charge is -2.16. The van der Waals surface area contributed by atoms with Gasteiger partial charge in [0.2, 0.25) is 5.91 Å². The van der Waals surface area contributed by atoms with Crippen molar-refractivity contribution in [1.82, 2.24) is 10.6 Å². The summed E-state index contributed by atoms with van der Waals surface area (Å²) < 4.78 is 0. The van der Waals surface area contributed by atoms with E-state index in [0.29, 0.717) is 5.69 Å². The second kappa shape index (κ2) is 7.13. The van der Waals surface area contributed by atoms with Gasteiger partial charge in [0, 0.05) is 5.69 Å². The number of nitrogens with one attached hydrogen (secondary N) is 3. The Morgan fingerprint density at radius 2 is 1.60 bits per heavy atom. The van der Waals surface area contributed by atoms with Crippen LogP contribution < -0.4 is 16.0 Å². The Hall–Kier alpha value is -2.57. The smallest absolute Gasteiger partial charge is 0.325 e. The maximum absolute atomic E-state index is 11.6. The highest BCUT2D eigenvalue weighted by molar-refractivity contribution is 5.94. The SMILES string of the molecule is CC(NC(=O)C(C)NC(=O)Nc1ccccc1)C(=O)O. The number of hydrogen-bond donors (Lipinski definition) is 4. The maximum atomic E-state index is 11.6. The number of hydrogen-bond acceptors (Lipinski definition) is 3. The van der Waals surface area contributed by atoms with Gasteiger partial charge in [-0.15, -0.1) is 0 Å². The minimum Gasteiger partial charge on any atom is -0.480 e. The molecule has 0 spiro atoms. The van der Waals surface area contributed by atoms with Crippen LogP contribution >= 0.6 is 0 Å². The first-order valence-electron chi connectivity index (χ1n) is 6.06. The number of anilines is 1. The summed E-state index contributed by atoms with van der Waals surface area (Å²) in [6.07, 6.45) is 0. The third-order valence-corrected chi connectivity index (χ3v) is 2.50. The fourth-order valence-corrected chi connectivity index (χ4v) is 1.35. The minimum absolute atomic E-state index is 0.540. The van der Waals surface area contributed by atoms with Crippen LogP contribution in [-0.4, -0.2) is 35.1 Å². The predicted molar refractivity (Wildman–Crippen MR) is 73.3 cm³/mol. The molecule has 7 nitrogen and oxygen atoms in total. The van der Waals surface area contributed by atoms with E-state index in [-0.39, 0.29) is 0 Å². The topological polar surface area (TPSA) is 108 Å². The molecule has 0 heterocycles. The van der Waals surface area contributed by atoms with Crippen molar-refractivity contribution in [3.8, 4) is 0 Å². The molecule has 0 bridgehead atoms. The van der Waals surface area contributed by atoms with Crippen LogP contribution in [0.5, 0.6) is 0 Å². The van der Waals surface area contributed by atoms with Gasteiger partial charge in [-0.3, -0.25) is 9.59 Å². The van der Waals surface area contributed by atoms with Gasteiger partial charge >= 0.3 is 12.0 Å². The Bertz CT molecular complexity index is 490. The molecule has 4 N–H and O–H groups in total. The van der Waals surface area contributed by atoms with Crippen LogP contribution in [0.2, 0.25) is 0 Å². The molecule has 1 aromatic carbocycles. The van der Waals surface area contributed by atoms with E-state index in [0.717, 1.165) is 0 Å². The maximum Gasteiger partial charge on any atom is 0.325 e. The van der Waals surface area contributed by atoms with Gasteiger partial charge in [-0.05, 0) is 26.0 Å². The number of urea groups is 1. The average Bonchev–Trinajstić information content (AvgIpc) is 2.39. The number of carboxylic acids is 1. The minimum atomic E-state index is -1.14. The standard InChI is InChI=1S/C13H17N3O4/c1-8(11(17)14-9(2)12(18)19)15-13(20)16-10-6-4-3-5-7-10/h3-9H,1-2H3,(H,14,17)(H,18,19)(H2,15,16,20). The molecule has 0 aliphatic carbocycles. The van der Waals surface area contributed by atoms with Gasteiger partial charge in [0.25, 0.3) is 0 Å². The van der Waals surface area contributed by atoms with E-state index in [2.05, 4.69) is 16.0 Å². The Kier molecular flexibility index (Phi) is 5.52. The molecule has 7 heteroatoms. The van der Waals surface area contributed by atoms with Crippen LogP contribution in [0.25, 0.3) is 0 Å². The van der Waals surface area contributed by atoms with Gasteiger partial charge < -0.3 is 21.1 Å². The third-order valence-electron chi connectivity index (χ3n) is 2.50. The molecule has 1 rings (SSSR count). The summed E-state index contributed by atoms with van der Waals surface area (Å²) in [6, 6.07) is 6.35. The molecule has 0 aliphatic rings. The molecule has 1 aromatic rings. The van der Waals surface area contributed by atoms with Crippen LogP contribution in [0, 0.1) is 0 Å². The molecule has 108 valence electrons. The van der Waals surface area contributed by atoms with Gasteiger partial charge in [-0.2, -0.15) is 0 Å². The van der Waals surface area contributed by atoms with Crippen molar-refractivity contribution >= 4 is 23.6 Å². The van der Waals surface area contributed by atoms with Gasteiger partial charge in [-0.1, -0.05) is 18.2 Å². The van der Waals surface area contributed by atoms with Gasteiger partial charge in [0.05, 0.1) is 0 Å². The van der Waals surface area contributed by atoms with E-state index in [1.807, 2.05) is 6.07 Å². The average molecular weight is 279 g/mol. The Labute approximate surface area is 116 Å². The van der Waals surface area contributed by atoms with Crippen LogP contribution in [0.3, 0.4) is 0 Å². The highest BCUT2D eigenvalue weighted by Gasteiger charge is 2.20.